The number of ether oxygens (including phenoxy) is 1. The molecule has 2 aliphatic rings. The van der Waals surface area contributed by atoms with Gasteiger partial charge in [0.1, 0.15) is 0 Å². The standard InChI is InChI=1S/C49H36N2O/c1-49(2)42-19-8-9-20-44(42)51-45-21-10-11-22-46(45)52-47-32-39(31-43(49)48(47)51)50(37-27-23-34(24-28-37)33-13-4-3-5-14-33)38-29-25-36(26-30-38)41-18-12-16-35-15-6-7-17-40(35)41/h3-32H,1-2H3. The van der Waals surface area contributed by atoms with Crippen molar-refractivity contribution in [2.45, 2.75) is 19.3 Å². The molecule has 0 spiro atoms. The number of benzene rings is 8. The lowest BCUT2D eigenvalue weighted by Crippen LogP contribution is -2.32. The van der Waals surface area contributed by atoms with Gasteiger partial charge in [0.25, 0.3) is 0 Å². The average Bonchev–Trinajstić information content (AvgIpc) is 3.20. The molecule has 0 unspecified atom stereocenters. The van der Waals surface area contributed by atoms with E-state index in [1.54, 1.807) is 0 Å². The van der Waals surface area contributed by atoms with E-state index in [-0.39, 0.29) is 5.41 Å². The van der Waals surface area contributed by atoms with Crippen molar-refractivity contribution in [1.29, 1.82) is 0 Å². The zero-order chi connectivity index (χ0) is 34.8. The van der Waals surface area contributed by atoms with E-state index in [1.807, 2.05) is 6.07 Å². The quantitative estimate of drug-likeness (QED) is 0.182. The molecule has 52 heavy (non-hydrogen) atoms. The highest BCUT2D eigenvalue weighted by molar-refractivity contribution is 5.98. The van der Waals surface area contributed by atoms with Gasteiger partial charge in [-0.15, -0.1) is 0 Å². The molecular formula is C49H36N2O. The molecule has 8 aromatic carbocycles. The molecule has 0 aromatic heterocycles. The maximum Gasteiger partial charge on any atom is 0.153 e. The van der Waals surface area contributed by atoms with Gasteiger partial charge < -0.3 is 14.5 Å². The molecule has 2 heterocycles. The first kappa shape index (κ1) is 30.3. The van der Waals surface area contributed by atoms with Crippen molar-refractivity contribution in [3.63, 3.8) is 0 Å². The van der Waals surface area contributed by atoms with Crippen LogP contribution in [0, 0.1) is 0 Å². The van der Waals surface area contributed by atoms with E-state index in [0.717, 1.165) is 39.9 Å². The highest BCUT2D eigenvalue weighted by Gasteiger charge is 2.42. The van der Waals surface area contributed by atoms with Crippen LogP contribution in [-0.4, -0.2) is 0 Å². The van der Waals surface area contributed by atoms with Crippen molar-refractivity contribution in [2.24, 2.45) is 0 Å². The Morgan fingerprint density at radius 3 is 1.87 bits per heavy atom. The molecule has 248 valence electrons. The topological polar surface area (TPSA) is 15.7 Å². The van der Waals surface area contributed by atoms with Crippen LogP contribution in [0.25, 0.3) is 33.0 Å². The van der Waals surface area contributed by atoms with Gasteiger partial charge >= 0.3 is 0 Å². The van der Waals surface area contributed by atoms with Gasteiger partial charge in [-0.25, -0.2) is 0 Å². The van der Waals surface area contributed by atoms with Crippen molar-refractivity contribution >= 4 is 44.9 Å². The number of nitrogens with zero attached hydrogens (tertiary/aromatic N) is 2. The van der Waals surface area contributed by atoms with E-state index < -0.39 is 0 Å². The predicted molar refractivity (Wildman–Crippen MR) is 216 cm³/mol. The third-order valence-corrected chi connectivity index (χ3v) is 10.8. The zero-order valence-electron chi connectivity index (χ0n) is 29.1. The Labute approximate surface area is 304 Å². The number of anilines is 6. The van der Waals surface area contributed by atoms with Crippen LogP contribution in [0.15, 0.2) is 182 Å². The Morgan fingerprint density at radius 1 is 0.462 bits per heavy atom. The van der Waals surface area contributed by atoms with Gasteiger partial charge in [0, 0.05) is 22.9 Å². The lowest BCUT2D eigenvalue weighted by Gasteiger charge is -2.45. The van der Waals surface area contributed by atoms with Crippen LogP contribution < -0.4 is 14.5 Å². The van der Waals surface area contributed by atoms with Crippen molar-refractivity contribution in [3.05, 3.63) is 193 Å². The van der Waals surface area contributed by atoms with Gasteiger partial charge in [0.05, 0.1) is 22.7 Å². The Balaban J connectivity index is 1.16. The molecular weight excluding hydrogens is 633 g/mol. The minimum absolute atomic E-state index is 0.274. The molecule has 0 aliphatic carbocycles. The highest BCUT2D eigenvalue weighted by Crippen LogP contribution is 2.61. The summed E-state index contributed by atoms with van der Waals surface area (Å²) in [5.74, 6) is 1.71. The van der Waals surface area contributed by atoms with Crippen LogP contribution in [0.1, 0.15) is 25.0 Å². The fourth-order valence-electron chi connectivity index (χ4n) is 8.21. The normalized spacial score (nSPS) is 13.5. The van der Waals surface area contributed by atoms with Crippen LogP contribution in [0.4, 0.5) is 34.1 Å². The second-order valence-corrected chi connectivity index (χ2v) is 14.2. The number of hydrogen-bond acceptors (Lipinski definition) is 3. The molecule has 0 radical (unpaired) electrons. The van der Waals surface area contributed by atoms with E-state index in [1.165, 1.54) is 49.8 Å². The molecule has 0 atom stereocenters. The van der Waals surface area contributed by atoms with Crippen molar-refractivity contribution < 1.29 is 4.74 Å². The molecule has 0 saturated heterocycles. The van der Waals surface area contributed by atoms with Crippen molar-refractivity contribution in [1.82, 2.24) is 0 Å². The van der Waals surface area contributed by atoms with E-state index in [2.05, 4.69) is 200 Å². The Morgan fingerprint density at radius 2 is 1.08 bits per heavy atom. The number of para-hydroxylation sites is 3. The van der Waals surface area contributed by atoms with Crippen molar-refractivity contribution in [2.75, 3.05) is 9.80 Å². The fourth-order valence-corrected chi connectivity index (χ4v) is 8.21. The molecule has 3 nitrogen and oxygen atoms in total. The van der Waals surface area contributed by atoms with Gasteiger partial charge in [0.2, 0.25) is 0 Å². The Hall–Kier alpha value is -6.58. The van der Waals surface area contributed by atoms with Gasteiger partial charge in [-0.05, 0) is 92.7 Å². The van der Waals surface area contributed by atoms with Crippen LogP contribution in [0.5, 0.6) is 11.5 Å². The summed E-state index contributed by atoms with van der Waals surface area (Å²) >= 11 is 0. The summed E-state index contributed by atoms with van der Waals surface area (Å²) in [5, 5.41) is 2.50. The summed E-state index contributed by atoms with van der Waals surface area (Å²) in [6.45, 7) is 4.67. The molecule has 0 N–H and O–H groups in total. The predicted octanol–water partition coefficient (Wildman–Crippen LogP) is 13.9. The first-order chi connectivity index (χ1) is 25.5. The lowest BCUT2D eigenvalue weighted by molar-refractivity contribution is 0.471. The minimum atomic E-state index is -0.274. The van der Waals surface area contributed by atoms with Crippen LogP contribution in [-0.2, 0) is 5.41 Å². The van der Waals surface area contributed by atoms with Gasteiger partial charge in [-0.2, -0.15) is 0 Å². The van der Waals surface area contributed by atoms with E-state index in [4.69, 9.17) is 4.74 Å². The molecule has 2 aliphatic heterocycles. The minimum Gasteiger partial charge on any atom is -0.453 e. The van der Waals surface area contributed by atoms with Gasteiger partial charge in [0.15, 0.2) is 11.5 Å². The summed E-state index contributed by atoms with van der Waals surface area (Å²) in [7, 11) is 0. The molecule has 0 fully saturated rings. The smallest absolute Gasteiger partial charge is 0.153 e. The molecule has 3 heteroatoms. The third kappa shape index (κ3) is 4.74. The van der Waals surface area contributed by atoms with E-state index in [9.17, 15) is 0 Å². The molecule has 8 aromatic rings. The van der Waals surface area contributed by atoms with Gasteiger partial charge in [-0.1, -0.05) is 141 Å². The molecule has 0 amide bonds. The Bertz CT molecular complexity index is 2620. The maximum atomic E-state index is 6.82. The number of hydrogen-bond donors (Lipinski definition) is 0. The summed E-state index contributed by atoms with van der Waals surface area (Å²) in [6.07, 6.45) is 0. The van der Waals surface area contributed by atoms with E-state index in [0.29, 0.717) is 0 Å². The van der Waals surface area contributed by atoms with Crippen LogP contribution in [0.2, 0.25) is 0 Å². The molecule has 10 rings (SSSR count). The number of fused-ring (bicyclic) bond motifs is 5. The van der Waals surface area contributed by atoms with E-state index >= 15 is 0 Å². The summed E-state index contributed by atoms with van der Waals surface area (Å²) < 4.78 is 6.82. The third-order valence-electron chi connectivity index (χ3n) is 10.8. The van der Waals surface area contributed by atoms with Crippen molar-refractivity contribution in [3.8, 4) is 33.8 Å². The first-order valence-corrected chi connectivity index (χ1v) is 17.9. The maximum absolute atomic E-state index is 6.82. The van der Waals surface area contributed by atoms with Crippen LogP contribution >= 0.6 is 0 Å². The number of rotatable bonds is 5. The largest absolute Gasteiger partial charge is 0.453 e. The monoisotopic (exact) mass is 668 g/mol. The second-order valence-electron chi connectivity index (χ2n) is 14.2. The average molecular weight is 669 g/mol. The molecule has 0 bridgehead atoms. The fraction of sp³-hybridized carbons (Fsp3) is 0.0612. The molecule has 0 saturated carbocycles. The van der Waals surface area contributed by atoms with Gasteiger partial charge in [-0.3, -0.25) is 0 Å². The highest BCUT2D eigenvalue weighted by atomic mass is 16.5. The summed E-state index contributed by atoms with van der Waals surface area (Å²) in [4.78, 5) is 4.76. The van der Waals surface area contributed by atoms with Crippen LogP contribution in [0.3, 0.4) is 0 Å². The zero-order valence-corrected chi connectivity index (χ0v) is 29.1. The lowest BCUT2D eigenvalue weighted by atomic mass is 9.73. The summed E-state index contributed by atoms with van der Waals surface area (Å²) in [6, 6.07) is 65.4. The second kappa shape index (κ2) is 11.8. The first-order valence-electron chi connectivity index (χ1n) is 17.9. The Kier molecular flexibility index (Phi) is 6.84. The SMILES string of the molecule is CC1(C)c2ccccc2N2c3ccccc3Oc3cc(N(c4ccc(-c5ccccc5)cc4)c4ccc(-c5cccc6ccccc56)cc4)cc1c32. The summed E-state index contributed by atoms with van der Waals surface area (Å²) in [5.41, 5.74) is 13.6.